The van der Waals surface area contributed by atoms with Crippen LogP contribution in [-0.2, 0) is 20.8 Å². The number of fused-ring (bicyclic) bond motifs is 1. The molecular weight excluding hydrogens is 474 g/mol. The fourth-order valence-corrected chi connectivity index (χ4v) is 5.70. The smallest absolute Gasteiger partial charge is 0.308 e. The van der Waals surface area contributed by atoms with Crippen molar-refractivity contribution < 1.29 is 29.3 Å². The zero-order valence-corrected chi connectivity index (χ0v) is 22.5. The van der Waals surface area contributed by atoms with Gasteiger partial charge in [0.1, 0.15) is 5.75 Å². The quantitative estimate of drug-likeness (QED) is 0.390. The maximum Gasteiger partial charge on any atom is 0.308 e. The molecule has 0 bridgehead atoms. The van der Waals surface area contributed by atoms with Crippen molar-refractivity contribution in [1.29, 1.82) is 0 Å². The minimum atomic E-state index is -0.879. The van der Waals surface area contributed by atoms with Gasteiger partial charge in [-0.05, 0) is 43.4 Å². The molecule has 0 aromatic heterocycles. The van der Waals surface area contributed by atoms with Gasteiger partial charge in [-0.3, -0.25) is 19.3 Å². The van der Waals surface area contributed by atoms with Crippen molar-refractivity contribution >= 4 is 17.8 Å². The van der Waals surface area contributed by atoms with Gasteiger partial charge < -0.3 is 24.7 Å². The van der Waals surface area contributed by atoms with Crippen LogP contribution in [0, 0.1) is 5.92 Å². The maximum atomic E-state index is 13.4. The first-order valence-corrected chi connectivity index (χ1v) is 13.7. The Hall–Kier alpha value is -2.65. The van der Waals surface area contributed by atoms with Gasteiger partial charge in [-0.25, -0.2) is 0 Å². The summed E-state index contributed by atoms with van der Waals surface area (Å²) in [4.78, 5) is 43.6. The van der Waals surface area contributed by atoms with Crippen molar-refractivity contribution in [2.45, 2.75) is 64.8 Å². The second-order valence-corrected chi connectivity index (χ2v) is 10.1. The van der Waals surface area contributed by atoms with E-state index in [2.05, 4.69) is 13.0 Å². The van der Waals surface area contributed by atoms with E-state index >= 15 is 0 Å². The minimum absolute atomic E-state index is 0.0192. The molecule has 2 amide bonds. The van der Waals surface area contributed by atoms with E-state index in [-0.39, 0.29) is 36.9 Å². The summed E-state index contributed by atoms with van der Waals surface area (Å²) >= 11 is 0. The van der Waals surface area contributed by atoms with E-state index in [4.69, 9.17) is 4.74 Å². The van der Waals surface area contributed by atoms with Crippen LogP contribution in [0.2, 0.25) is 0 Å². The molecule has 2 aliphatic heterocycles. The molecule has 9 heteroatoms. The first kappa shape index (κ1) is 28.9. The van der Waals surface area contributed by atoms with Crippen LogP contribution in [0.15, 0.2) is 18.2 Å². The number of carboxylic acid groups (broad SMARTS) is 1. The number of aliphatic hydroxyl groups excluding tert-OH is 1. The molecular formula is C28H43N3O6. The number of hydrogen-bond donors (Lipinski definition) is 2. The lowest BCUT2D eigenvalue weighted by Gasteiger charge is -2.31. The molecule has 1 saturated heterocycles. The lowest BCUT2D eigenvalue weighted by Crippen LogP contribution is -2.46. The molecule has 1 aromatic carbocycles. The van der Waals surface area contributed by atoms with Crippen molar-refractivity contribution in [3.8, 4) is 5.75 Å². The van der Waals surface area contributed by atoms with Gasteiger partial charge in [-0.15, -0.1) is 0 Å². The van der Waals surface area contributed by atoms with E-state index < -0.39 is 11.9 Å². The van der Waals surface area contributed by atoms with Gasteiger partial charge in [-0.2, -0.15) is 0 Å². The molecule has 3 unspecified atom stereocenters. The summed E-state index contributed by atoms with van der Waals surface area (Å²) in [5.41, 5.74) is 2.05. The molecule has 0 saturated carbocycles. The van der Waals surface area contributed by atoms with E-state index in [1.54, 1.807) is 9.80 Å². The van der Waals surface area contributed by atoms with Crippen molar-refractivity contribution in [2.24, 2.45) is 5.92 Å². The molecule has 9 nitrogen and oxygen atoms in total. The summed E-state index contributed by atoms with van der Waals surface area (Å²) < 4.78 is 5.64. The number of hydrogen-bond acceptors (Lipinski definition) is 6. The zero-order chi connectivity index (χ0) is 26.9. The van der Waals surface area contributed by atoms with Gasteiger partial charge in [0.25, 0.3) is 0 Å². The molecule has 1 aromatic rings. The van der Waals surface area contributed by atoms with Crippen LogP contribution >= 0.6 is 0 Å². The number of amides is 2. The highest BCUT2D eigenvalue weighted by Crippen LogP contribution is 2.41. The van der Waals surface area contributed by atoms with Crippen molar-refractivity contribution in [1.82, 2.24) is 14.7 Å². The number of aliphatic carboxylic acids is 1. The summed E-state index contributed by atoms with van der Waals surface area (Å²) in [6.07, 6.45) is 3.63. The van der Waals surface area contributed by atoms with Crippen LogP contribution in [0.1, 0.15) is 63.5 Å². The largest absolute Gasteiger partial charge is 0.493 e. The van der Waals surface area contributed by atoms with Gasteiger partial charge in [-0.1, -0.05) is 25.5 Å². The van der Waals surface area contributed by atoms with Gasteiger partial charge >= 0.3 is 5.97 Å². The third kappa shape index (κ3) is 7.23. The summed E-state index contributed by atoms with van der Waals surface area (Å²) in [6.45, 7) is 8.85. The number of nitrogens with zero attached hydrogens (tertiary/aromatic N) is 3. The molecule has 1 fully saturated rings. The second-order valence-electron chi connectivity index (χ2n) is 10.1. The van der Waals surface area contributed by atoms with Gasteiger partial charge in [0.2, 0.25) is 11.8 Å². The molecule has 2 aliphatic rings. The molecule has 2 N–H and O–H groups in total. The van der Waals surface area contributed by atoms with E-state index in [1.165, 1.54) is 6.92 Å². The topological polar surface area (TPSA) is 111 Å². The number of aliphatic hydroxyl groups is 1. The Morgan fingerprint density at radius 1 is 1.11 bits per heavy atom. The van der Waals surface area contributed by atoms with Crippen molar-refractivity contribution in [2.75, 3.05) is 52.5 Å². The second kappa shape index (κ2) is 13.8. The average Bonchev–Trinajstić information content (AvgIpc) is 3.48. The van der Waals surface area contributed by atoms with Crippen LogP contribution in [0.3, 0.4) is 0 Å². The van der Waals surface area contributed by atoms with E-state index in [1.807, 2.05) is 24.0 Å². The predicted octanol–water partition coefficient (Wildman–Crippen LogP) is 2.36. The number of benzene rings is 1. The highest BCUT2D eigenvalue weighted by atomic mass is 16.5. The molecule has 3 rings (SSSR count). The van der Waals surface area contributed by atoms with Crippen LogP contribution in [0.25, 0.3) is 0 Å². The lowest BCUT2D eigenvalue weighted by atomic mass is 9.83. The first-order valence-electron chi connectivity index (χ1n) is 13.7. The van der Waals surface area contributed by atoms with Crippen molar-refractivity contribution in [3.63, 3.8) is 0 Å². The van der Waals surface area contributed by atoms with Crippen LogP contribution < -0.4 is 4.74 Å². The number of carbonyl (C=O) groups is 3. The predicted molar refractivity (Wildman–Crippen MR) is 141 cm³/mol. The molecule has 0 aliphatic carbocycles. The number of carboxylic acids is 1. The number of rotatable bonds is 14. The van der Waals surface area contributed by atoms with Gasteiger partial charge in [0.15, 0.2) is 0 Å². The monoisotopic (exact) mass is 517 g/mol. The average molecular weight is 518 g/mol. The van der Waals surface area contributed by atoms with E-state index in [0.717, 1.165) is 36.1 Å². The highest BCUT2D eigenvalue weighted by molar-refractivity contribution is 5.79. The van der Waals surface area contributed by atoms with Crippen LogP contribution in [0.5, 0.6) is 5.75 Å². The Bertz CT molecular complexity index is 930. The highest BCUT2D eigenvalue weighted by Gasteiger charge is 2.47. The van der Waals surface area contributed by atoms with Crippen LogP contribution in [0.4, 0.5) is 0 Å². The fraction of sp³-hybridized carbons (Fsp3) is 0.679. The van der Waals surface area contributed by atoms with Crippen LogP contribution in [-0.4, -0.2) is 101 Å². The summed E-state index contributed by atoms with van der Waals surface area (Å²) in [5, 5.41) is 19.7. The molecule has 206 valence electrons. The number of unbranched alkanes of at least 4 members (excludes halogenated alkanes) is 1. The summed E-state index contributed by atoms with van der Waals surface area (Å²) in [6, 6.07) is 5.56. The Labute approximate surface area is 220 Å². The molecule has 0 radical (unpaired) electrons. The van der Waals surface area contributed by atoms with E-state index in [0.29, 0.717) is 52.2 Å². The number of carbonyl (C=O) groups excluding carboxylic acids is 2. The van der Waals surface area contributed by atoms with Crippen molar-refractivity contribution in [3.05, 3.63) is 29.3 Å². The third-order valence-corrected chi connectivity index (χ3v) is 7.76. The number of ether oxygens (including phenoxy) is 1. The Kier molecular flexibility index (Phi) is 10.8. The van der Waals surface area contributed by atoms with Gasteiger partial charge in [0, 0.05) is 64.6 Å². The maximum absolute atomic E-state index is 13.4. The minimum Gasteiger partial charge on any atom is -0.493 e. The molecule has 3 atom stereocenters. The summed E-state index contributed by atoms with van der Waals surface area (Å²) in [5.74, 6) is -1.07. The molecule has 37 heavy (non-hydrogen) atoms. The summed E-state index contributed by atoms with van der Waals surface area (Å²) in [7, 11) is 0. The lowest BCUT2D eigenvalue weighted by molar-refractivity contribution is -0.144. The molecule has 2 heterocycles. The standard InChI is InChI=1S/C28H43N3O6/c1-4-6-12-30(13-7-15-32)26(34)19-31-18-23(21-8-9-25-22(17-21)11-16-37-25)27(28(35)36)24(31)10-14-29(5-2)20(3)33/h8-9,17,23-24,27,32H,4-7,10-16,18-19H2,1-3H3,(H,35,36). The normalized spacial score (nSPS) is 20.9. The Morgan fingerprint density at radius 2 is 1.86 bits per heavy atom. The Balaban J connectivity index is 1.88. The third-order valence-electron chi connectivity index (χ3n) is 7.76. The number of likely N-dealkylation sites (tertiary alicyclic amines) is 1. The fourth-order valence-electron chi connectivity index (χ4n) is 5.70. The first-order chi connectivity index (χ1) is 17.8. The van der Waals surface area contributed by atoms with Gasteiger partial charge in [0.05, 0.1) is 19.1 Å². The zero-order valence-electron chi connectivity index (χ0n) is 22.5. The molecule has 0 spiro atoms. The Morgan fingerprint density at radius 3 is 2.51 bits per heavy atom. The SMILES string of the molecule is CCCCN(CCCO)C(=O)CN1CC(c2ccc3c(c2)CCO3)C(C(=O)O)C1CCN(CC)C(C)=O. The van der Waals surface area contributed by atoms with E-state index in [9.17, 15) is 24.6 Å².